The maximum atomic E-state index is 13.1. The molecular weight excluding hydrogens is 435 g/mol. The van der Waals surface area contributed by atoms with Gasteiger partial charge in [-0.15, -0.1) is 0 Å². The fourth-order valence-corrected chi connectivity index (χ4v) is 7.44. The average Bonchev–Trinajstić information content (AvgIpc) is 3.00. The van der Waals surface area contributed by atoms with Crippen LogP contribution in [-0.4, -0.2) is 68.0 Å². The van der Waals surface area contributed by atoms with Gasteiger partial charge in [0.05, 0.1) is 11.5 Å². The summed E-state index contributed by atoms with van der Waals surface area (Å²) in [6.07, 6.45) is 0.641. The summed E-state index contributed by atoms with van der Waals surface area (Å²) >= 11 is 3.38. The van der Waals surface area contributed by atoms with Crippen LogP contribution >= 0.6 is 15.9 Å². The summed E-state index contributed by atoms with van der Waals surface area (Å²) in [5, 5.41) is 0.496. The van der Waals surface area contributed by atoms with Gasteiger partial charge in [0.2, 0.25) is 0 Å². The zero-order valence-corrected chi connectivity index (χ0v) is 16.7. The molecule has 1 aromatic carbocycles. The molecule has 2 fully saturated rings. The molecule has 0 aromatic heterocycles. The second kappa shape index (κ2) is 7.22. The van der Waals surface area contributed by atoms with Gasteiger partial charge >= 0.3 is 0 Å². The molecule has 2 atom stereocenters. The van der Waals surface area contributed by atoms with Crippen molar-refractivity contribution >= 4 is 36.0 Å². The molecule has 2 aliphatic rings. The van der Waals surface area contributed by atoms with Gasteiger partial charge in [-0.3, -0.25) is 0 Å². The minimum absolute atomic E-state index is 0.00259. The highest BCUT2D eigenvalue weighted by molar-refractivity contribution is 9.09. The fourth-order valence-electron chi connectivity index (χ4n) is 3.36. The van der Waals surface area contributed by atoms with Crippen LogP contribution < -0.4 is 0 Å². The van der Waals surface area contributed by atoms with E-state index in [1.165, 1.54) is 20.7 Å². The minimum atomic E-state index is -3.72. The molecule has 0 N–H and O–H groups in total. The first kappa shape index (κ1) is 19.2. The van der Waals surface area contributed by atoms with Crippen molar-refractivity contribution in [2.45, 2.75) is 18.4 Å². The van der Waals surface area contributed by atoms with Crippen LogP contribution in [0.5, 0.6) is 0 Å². The average molecular weight is 455 g/mol. The quantitative estimate of drug-likeness (QED) is 0.643. The first-order chi connectivity index (χ1) is 11.7. The van der Waals surface area contributed by atoms with E-state index in [1.54, 1.807) is 12.1 Å². The number of rotatable bonds is 4. The molecule has 140 valence electrons. The van der Waals surface area contributed by atoms with E-state index in [1.807, 2.05) is 0 Å². The monoisotopic (exact) mass is 454 g/mol. The second-order valence-corrected chi connectivity index (χ2v) is 11.3. The normalized spacial score (nSPS) is 28.2. The Balaban J connectivity index is 1.79. The van der Waals surface area contributed by atoms with Gasteiger partial charge in [0.1, 0.15) is 5.82 Å². The highest BCUT2D eigenvalue weighted by Crippen LogP contribution is 2.35. The number of alkyl halides is 1. The van der Waals surface area contributed by atoms with Gasteiger partial charge in [-0.25, -0.2) is 12.8 Å². The van der Waals surface area contributed by atoms with Gasteiger partial charge in [0, 0.05) is 31.0 Å². The van der Waals surface area contributed by atoms with E-state index in [0.29, 0.717) is 18.3 Å². The summed E-state index contributed by atoms with van der Waals surface area (Å²) in [6, 6.07) is 5.93. The van der Waals surface area contributed by atoms with Crippen LogP contribution in [0.3, 0.4) is 0 Å². The zero-order valence-electron chi connectivity index (χ0n) is 13.5. The largest absolute Gasteiger partial charge is 0.282 e. The molecule has 2 saturated heterocycles. The molecule has 2 aliphatic heterocycles. The summed E-state index contributed by atoms with van der Waals surface area (Å²) in [7, 11) is -6.87. The highest BCUT2D eigenvalue weighted by Gasteiger charge is 2.43. The van der Waals surface area contributed by atoms with Crippen molar-refractivity contribution in [3.8, 4) is 0 Å². The topological polar surface area (TPSA) is 74.8 Å². The summed E-state index contributed by atoms with van der Waals surface area (Å²) in [5.41, 5.74) is 0.909. The van der Waals surface area contributed by atoms with Crippen LogP contribution in [0.2, 0.25) is 0 Å². The summed E-state index contributed by atoms with van der Waals surface area (Å²) in [5.74, 6) is -0.606. The maximum absolute atomic E-state index is 13.1. The molecule has 0 amide bonds. The van der Waals surface area contributed by atoms with E-state index in [-0.39, 0.29) is 42.4 Å². The lowest BCUT2D eigenvalue weighted by Crippen LogP contribution is -2.51. The van der Waals surface area contributed by atoms with Crippen LogP contribution in [0.4, 0.5) is 4.39 Å². The lowest BCUT2D eigenvalue weighted by molar-refractivity contribution is 0.343. The first-order valence-corrected chi connectivity index (χ1v) is 12.4. The van der Waals surface area contributed by atoms with Crippen molar-refractivity contribution in [3.05, 3.63) is 35.6 Å². The first-order valence-electron chi connectivity index (χ1n) is 8.02. The lowest BCUT2D eigenvalue weighted by atomic mass is 9.97. The Morgan fingerprint density at radius 1 is 1.16 bits per heavy atom. The number of halogens is 2. The predicted octanol–water partition coefficient (Wildman–Crippen LogP) is 1.35. The van der Waals surface area contributed by atoms with Gasteiger partial charge in [0.25, 0.3) is 10.2 Å². The molecule has 10 heteroatoms. The number of nitrogens with zero attached hydrogens (tertiary/aromatic N) is 2. The molecule has 0 spiro atoms. The van der Waals surface area contributed by atoms with Crippen molar-refractivity contribution in [1.29, 1.82) is 0 Å². The number of hydrogen-bond donors (Lipinski definition) is 0. The molecule has 0 saturated carbocycles. The highest BCUT2D eigenvalue weighted by atomic mass is 79.9. The van der Waals surface area contributed by atoms with Crippen LogP contribution in [0.15, 0.2) is 24.3 Å². The van der Waals surface area contributed by atoms with Crippen LogP contribution in [-0.2, 0) is 20.0 Å². The predicted molar refractivity (Wildman–Crippen MR) is 97.2 cm³/mol. The van der Waals surface area contributed by atoms with Crippen molar-refractivity contribution in [1.82, 2.24) is 8.61 Å². The lowest BCUT2D eigenvalue weighted by Gasteiger charge is -2.32. The Labute approximate surface area is 156 Å². The molecule has 0 aliphatic carbocycles. The Morgan fingerprint density at radius 3 is 2.32 bits per heavy atom. The smallest absolute Gasteiger partial charge is 0.229 e. The van der Waals surface area contributed by atoms with Crippen LogP contribution in [0.1, 0.15) is 17.9 Å². The molecular formula is C15H20BrFN2O4S2. The van der Waals surface area contributed by atoms with Crippen molar-refractivity contribution in [2.24, 2.45) is 0 Å². The molecule has 0 radical (unpaired) electrons. The number of sulfone groups is 1. The van der Waals surface area contributed by atoms with Crippen LogP contribution in [0, 0.1) is 5.82 Å². The van der Waals surface area contributed by atoms with Crippen LogP contribution in [0.25, 0.3) is 0 Å². The van der Waals surface area contributed by atoms with E-state index in [9.17, 15) is 21.2 Å². The third-order valence-corrected chi connectivity index (χ3v) is 9.22. The zero-order chi connectivity index (χ0) is 18.2. The van der Waals surface area contributed by atoms with Gasteiger partial charge < -0.3 is 0 Å². The molecule has 2 unspecified atom stereocenters. The Morgan fingerprint density at radius 2 is 1.76 bits per heavy atom. The summed E-state index contributed by atoms with van der Waals surface area (Å²) < 4.78 is 64.9. The molecule has 1 aromatic rings. The number of benzene rings is 1. The molecule has 3 rings (SSSR count). The van der Waals surface area contributed by atoms with E-state index in [0.717, 1.165) is 5.56 Å². The van der Waals surface area contributed by atoms with Gasteiger partial charge in [-0.1, -0.05) is 28.1 Å². The Bertz CT molecular complexity index is 816. The Kier molecular flexibility index (Phi) is 5.55. The minimum Gasteiger partial charge on any atom is -0.229 e. The van der Waals surface area contributed by atoms with E-state index >= 15 is 0 Å². The van der Waals surface area contributed by atoms with Gasteiger partial charge in [-0.05, 0) is 30.0 Å². The second-order valence-electron chi connectivity index (χ2n) is 6.42. The van der Waals surface area contributed by atoms with E-state index in [4.69, 9.17) is 0 Å². The Hall–Kier alpha value is -0.550. The van der Waals surface area contributed by atoms with Gasteiger partial charge in [-0.2, -0.15) is 17.0 Å². The van der Waals surface area contributed by atoms with Crippen molar-refractivity contribution < 1.29 is 21.2 Å². The standard InChI is InChI=1S/C15H20BrFN2O4S2/c16-10-15-9-13(12-1-3-14(17)4-2-12)11-19(15)25(22,23)18-5-7-24(20,21)8-6-18/h1-4,13,15H,5-11H2. The summed E-state index contributed by atoms with van der Waals surface area (Å²) in [6.45, 7) is 0.308. The SMILES string of the molecule is O=S1(=O)CCN(S(=O)(=O)N2CC(c3ccc(F)cc3)CC2CBr)CC1. The number of hydrogen-bond acceptors (Lipinski definition) is 4. The van der Waals surface area contributed by atoms with E-state index in [2.05, 4.69) is 15.9 Å². The maximum Gasteiger partial charge on any atom is 0.282 e. The molecule has 0 bridgehead atoms. The van der Waals surface area contributed by atoms with Crippen molar-refractivity contribution in [3.63, 3.8) is 0 Å². The fraction of sp³-hybridized carbons (Fsp3) is 0.600. The summed E-state index contributed by atoms with van der Waals surface area (Å²) in [4.78, 5) is 0. The molecule has 25 heavy (non-hydrogen) atoms. The third-order valence-electron chi connectivity index (χ3n) is 4.81. The van der Waals surface area contributed by atoms with E-state index < -0.39 is 20.0 Å². The molecule has 6 nitrogen and oxygen atoms in total. The third kappa shape index (κ3) is 4.08. The molecule has 2 heterocycles. The van der Waals surface area contributed by atoms with Gasteiger partial charge in [0.15, 0.2) is 9.84 Å². The van der Waals surface area contributed by atoms with Crippen molar-refractivity contribution in [2.75, 3.05) is 36.5 Å².